The average molecular weight is 426 g/mol. The van der Waals surface area contributed by atoms with Crippen LogP contribution in [-0.4, -0.2) is 29.3 Å². The van der Waals surface area contributed by atoms with Crippen LogP contribution in [-0.2, 0) is 6.42 Å². The zero-order valence-electron chi connectivity index (χ0n) is 17.0. The van der Waals surface area contributed by atoms with Gasteiger partial charge in [0.15, 0.2) is 23.1 Å². The molecule has 1 aliphatic rings. The van der Waals surface area contributed by atoms with Crippen molar-refractivity contribution >= 4 is 17.0 Å². The predicted molar refractivity (Wildman–Crippen MR) is 119 cm³/mol. The molecule has 0 aliphatic heterocycles. The van der Waals surface area contributed by atoms with Gasteiger partial charge >= 0.3 is 0 Å². The standard InChI is InChI=1S/C23H19FN8/c24-14-11-28-31(12-14)20-8-7-19-23(30-20)32(22(29-19)17-2-1-9-27-21(17)26)15-4-5-16-13(10-15)3-6-18(16)25/h1-2,4-5,7-12,18H,3,6,25H2,(H2,26,27)/t18-/m0/s1. The quantitative estimate of drug-likeness (QED) is 0.457. The van der Waals surface area contributed by atoms with Gasteiger partial charge < -0.3 is 11.5 Å². The van der Waals surface area contributed by atoms with Crippen LogP contribution in [0.2, 0.25) is 0 Å². The first-order chi connectivity index (χ1) is 15.6. The van der Waals surface area contributed by atoms with Gasteiger partial charge in [-0.15, -0.1) is 0 Å². The number of nitrogens with zero attached hydrogens (tertiary/aromatic N) is 6. The van der Waals surface area contributed by atoms with Gasteiger partial charge in [-0.1, -0.05) is 6.07 Å². The average Bonchev–Trinajstić information content (AvgIpc) is 3.50. The third kappa shape index (κ3) is 2.86. The van der Waals surface area contributed by atoms with Crippen LogP contribution in [0.5, 0.6) is 0 Å². The Morgan fingerprint density at radius 1 is 1.09 bits per heavy atom. The summed E-state index contributed by atoms with van der Waals surface area (Å²) in [5.41, 5.74) is 17.7. The zero-order chi connectivity index (χ0) is 21.8. The molecule has 0 spiro atoms. The Morgan fingerprint density at radius 2 is 2.00 bits per heavy atom. The number of aromatic nitrogens is 6. The van der Waals surface area contributed by atoms with Crippen LogP contribution in [0.15, 0.2) is 61.1 Å². The first-order valence-corrected chi connectivity index (χ1v) is 10.3. The summed E-state index contributed by atoms with van der Waals surface area (Å²) in [6.07, 6.45) is 5.93. The van der Waals surface area contributed by atoms with Crippen LogP contribution in [0.1, 0.15) is 23.6 Å². The number of hydrogen-bond donors (Lipinski definition) is 2. The molecule has 0 bridgehead atoms. The van der Waals surface area contributed by atoms with Crippen molar-refractivity contribution in [3.63, 3.8) is 0 Å². The lowest BCUT2D eigenvalue weighted by Crippen LogP contribution is -2.06. The highest BCUT2D eigenvalue weighted by Crippen LogP contribution is 2.34. The normalized spacial score (nSPS) is 15.4. The molecule has 4 N–H and O–H groups in total. The minimum Gasteiger partial charge on any atom is -0.383 e. The van der Waals surface area contributed by atoms with E-state index in [2.05, 4.69) is 22.2 Å². The topological polar surface area (TPSA) is 113 Å². The van der Waals surface area contributed by atoms with Gasteiger partial charge in [-0.2, -0.15) is 5.10 Å². The molecule has 6 rings (SSSR count). The molecule has 0 radical (unpaired) electrons. The molecule has 1 aromatic carbocycles. The van der Waals surface area contributed by atoms with E-state index in [1.807, 2.05) is 28.8 Å². The van der Waals surface area contributed by atoms with Gasteiger partial charge in [0.1, 0.15) is 11.3 Å². The summed E-state index contributed by atoms with van der Waals surface area (Å²) in [6.45, 7) is 0. The molecular weight excluding hydrogens is 407 g/mol. The molecule has 1 aliphatic carbocycles. The maximum absolute atomic E-state index is 13.5. The van der Waals surface area contributed by atoms with Crippen molar-refractivity contribution in [3.05, 3.63) is 78.0 Å². The van der Waals surface area contributed by atoms with Gasteiger partial charge in [-0.25, -0.2) is 24.0 Å². The Kier molecular flexibility index (Phi) is 4.05. The van der Waals surface area contributed by atoms with E-state index in [0.29, 0.717) is 34.2 Å². The van der Waals surface area contributed by atoms with Gasteiger partial charge in [0, 0.05) is 17.9 Å². The molecule has 0 fully saturated rings. The van der Waals surface area contributed by atoms with Gasteiger partial charge in [-0.05, 0) is 60.4 Å². The molecule has 4 aromatic heterocycles. The van der Waals surface area contributed by atoms with E-state index in [1.54, 1.807) is 12.3 Å². The molecule has 8 nitrogen and oxygen atoms in total. The number of aryl methyl sites for hydroxylation is 1. The molecular formula is C23H19FN8. The van der Waals surface area contributed by atoms with E-state index in [9.17, 15) is 4.39 Å². The Labute approximate surface area is 182 Å². The monoisotopic (exact) mass is 426 g/mol. The number of pyridine rings is 2. The minimum absolute atomic E-state index is 0.0615. The fourth-order valence-electron chi connectivity index (χ4n) is 4.31. The fourth-order valence-corrected chi connectivity index (χ4v) is 4.31. The molecule has 5 aromatic rings. The Balaban J connectivity index is 1.63. The summed E-state index contributed by atoms with van der Waals surface area (Å²) >= 11 is 0. The zero-order valence-corrected chi connectivity index (χ0v) is 17.0. The number of anilines is 1. The maximum Gasteiger partial charge on any atom is 0.167 e. The molecule has 0 unspecified atom stereocenters. The number of halogens is 1. The lowest BCUT2D eigenvalue weighted by molar-refractivity contribution is 0.627. The number of nitrogen functional groups attached to an aromatic ring is 1. The number of hydrogen-bond acceptors (Lipinski definition) is 6. The first kappa shape index (κ1) is 18.6. The third-order valence-electron chi connectivity index (χ3n) is 5.86. The van der Waals surface area contributed by atoms with E-state index in [1.165, 1.54) is 22.0 Å². The number of rotatable bonds is 3. The Morgan fingerprint density at radius 3 is 2.81 bits per heavy atom. The van der Waals surface area contributed by atoms with Crippen molar-refractivity contribution in [2.45, 2.75) is 18.9 Å². The summed E-state index contributed by atoms with van der Waals surface area (Å²) in [5, 5.41) is 4.04. The number of benzene rings is 1. The summed E-state index contributed by atoms with van der Waals surface area (Å²) in [6, 6.07) is 13.6. The number of fused-ring (bicyclic) bond motifs is 2. The van der Waals surface area contributed by atoms with Crippen LogP contribution >= 0.6 is 0 Å². The van der Waals surface area contributed by atoms with Gasteiger partial charge in [0.25, 0.3) is 0 Å². The van der Waals surface area contributed by atoms with Crippen molar-refractivity contribution < 1.29 is 4.39 Å². The summed E-state index contributed by atoms with van der Waals surface area (Å²) < 4.78 is 16.9. The smallest absolute Gasteiger partial charge is 0.167 e. The van der Waals surface area contributed by atoms with Crippen LogP contribution in [0.4, 0.5) is 10.2 Å². The van der Waals surface area contributed by atoms with Crippen molar-refractivity contribution in [2.75, 3.05) is 5.73 Å². The second-order valence-corrected chi connectivity index (χ2v) is 7.85. The van der Waals surface area contributed by atoms with Crippen molar-refractivity contribution in [1.29, 1.82) is 0 Å². The molecule has 0 saturated heterocycles. The largest absolute Gasteiger partial charge is 0.383 e. The van der Waals surface area contributed by atoms with Crippen molar-refractivity contribution in [1.82, 2.24) is 29.3 Å². The van der Waals surface area contributed by atoms with E-state index in [-0.39, 0.29) is 6.04 Å². The molecule has 1 atom stereocenters. The minimum atomic E-state index is -0.431. The summed E-state index contributed by atoms with van der Waals surface area (Å²) in [4.78, 5) is 13.8. The van der Waals surface area contributed by atoms with Crippen molar-refractivity contribution in [2.24, 2.45) is 5.73 Å². The lowest BCUT2D eigenvalue weighted by Gasteiger charge is -2.13. The molecule has 32 heavy (non-hydrogen) atoms. The van der Waals surface area contributed by atoms with Gasteiger partial charge in [0.2, 0.25) is 0 Å². The number of imidazole rings is 1. The second kappa shape index (κ2) is 6.96. The second-order valence-electron chi connectivity index (χ2n) is 7.85. The maximum atomic E-state index is 13.5. The van der Waals surface area contributed by atoms with Gasteiger partial charge in [0.05, 0.1) is 18.0 Å². The first-order valence-electron chi connectivity index (χ1n) is 10.3. The summed E-state index contributed by atoms with van der Waals surface area (Å²) in [7, 11) is 0. The van der Waals surface area contributed by atoms with Crippen LogP contribution in [0.3, 0.4) is 0 Å². The van der Waals surface area contributed by atoms with E-state index < -0.39 is 5.82 Å². The Bertz CT molecular complexity index is 1480. The van der Waals surface area contributed by atoms with E-state index in [4.69, 9.17) is 21.4 Å². The molecule has 158 valence electrons. The predicted octanol–water partition coefficient (Wildman–Crippen LogP) is 3.34. The van der Waals surface area contributed by atoms with E-state index in [0.717, 1.165) is 24.7 Å². The molecule has 4 heterocycles. The Hall–Kier alpha value is -4.11. The van der Waals surface area contributed by atoms with Crippen LogP contribution < -0.4 is 11.5 Å². The van der Waals surface area contributed by atoms with Crippen LogP contribution in [0.25, 0.3) is 34.1 Å². The molecule has 0 saturated carbocycles. The lowest BCUT2D eigenvalue weighted by atomic mass is 10.1. The number of nitrogens with two attached hydrogens (primary N) is 2. The molecule has 0 amide bonds. The van der Waals surface area contributed by atoms with Crippen LogP contribution in [0, 0.1) is 5.82 Å². The highest BCUT2D eigenvalue weighted by molar-refractivity contribution is 5.83. The molecule has 9 heteroatoms. The summed E-state index contributed by atoms with van der Waals surface area (Å²) in [5.74, 6) is 1.06. The van der Waals surface area contributed by atoms with Gasteiger partial charge in [-0.3, -0.25) is 4.57 Å². The fraction of sp³-hybridized carbons (Fsp3) is 0.130. The van der Waals surface area contributed by atoms with E-state index >= 15 is 0 Å². The highest BCUT2D eigenvalue weighted by Gasteiger charge is 2.23. The van der Waals surface area contributed by atoms with Crippen molar-refractivity contribution in [3.8, 4) is 22.9 Å². The highest BCUT2D eigenvalue weighted by atomic mass is 19.1. The third-order valence-corrected chi connectivity index (χ3v) is 5.86. The SMILES string of the molecule is Nc1ncccc1-c1nc2ccc(-n3cc(F)cn3)nc2n1-c1ccc2c(c1)CC[C@@H]2N.